The number of β-amino-alcohol motifs (C(OH)–C–C–N with tert-alkyl or cyclic N) is 1. The Hall–Kier alpha value is -0.900. The van der Waals surface area contributed by atoms with E-state index in [4.69, 9.17) is 0 Å². The second-order valence-corrected chi connectivity index (χ2v) is 6.95. The summed E-state index contributed by atoms with van der Waals surface area (Å²) in [6, 6.07) is 11.3. The van der Waals surface area contributed by atoms with E-state index >= 15 is 0 Å². The third kappa shape index (κ3) is 4.55. The third-order valence-electron chi connectivity index (χ3n) is 5.29. The van der Waals surface area contributed by atoms with Gasteiger partial charge in [-0.1, -0.05) is 30.3 Å². The molecule has 0 aliphatic carbocycles. The SMILES string of the molecule is O[C@H](CCc1ccccc1)CN1CCC(N2CCCC2)CC1. The molecule has 1 N–H and O–H groups in total. The van der Waals surface area contributed by atoms with E-state index in [1.165, 1.54) is 44.3 Å². The highest BCUT2D eigenvalue weighted by Gasteiger charge is 2.26. The second kappa shape index (κ2) is 8.09. The lowest BCUT2D eigenvalue weighted by molar-refractivity contribution is 0.0702. The van der Waals surface area contributed by atoms with Gasteiger partial charge in [-0.05, 0) is 70.3 Å². The van der Waals surface area contributed by atoms with Crippen LogP contribution in [-0.4, -0.2) is 59.8 Å². The maximum absolute atomic E-state index is 10.3. The first-order valence-corrected chi connectivity index (χ1v) is 8.99. The molecule has 2 saturated heterocycles. The fourth-order valence-corrected chi connectivity index (χ4v) is 3.94. The number of nitrogens with zero attached hydrogens (tertiary/aromatic N) is 2. The Bertz CT molecular complexity index is 422. The number of aryl methyl sites for hydroxylation is 1. The van der Waals surface area contributed by atoms with Crippen LogP contribution in [0.1, 0.15) is 37.7 Å². The summed E-state index contributed by atoms with van der Waals surface area (Å²) in [6.07, 6.45) is 7.00. The van der Waals surface area contributed by atoms with Gasteiger partial charge in [0.2, 0.25) is 0 Å². The summed E-state index contributed by atoms with van der Waals surface area (Å²) in [6.45, 7) is 5.78. The van der Waals surface area contributed by atoms with E-state index in [0.717, 1.165) is 38.5 Å². The quantitative estimate of drug-likeness (QED) is 0.875. The van der Waals surface area contributed by atoms with E-state index in [9.17, 15) is 5.11 Å². The van der Waals surface area contributed by atoms with E-state index < -0.39 is 0 Å². The smallest absolute Gasteiger partial charge is 0.0670 e. The van der Waals surface area contributed by atoms with Gasteiger partial charge < -0.3 is 14.9 Å². The number of rotatable bonds is 6. The number of hydrogen-bond acceptors (Lipinski definition) is 3. The van der Waals surface area contributed by atoms with Gasteiger partial charge in [0.15, 0.2) is 0 Å². The molecule has 2 heterocycles. The van der Waals surface area contributed by atoms with Gasteiger partial charge in [0.25, 0.3) is 0 Å². The Kier molecular flexibility index (Phi) is 5.88. The first-order chi connectivity index (χ1) is 10.8. The van der Waals surface area contributed by atoms with Gasteiger partial charge in [0.05, 0.1) is 6.10 Å². The van der Waals surface area contributed by atoms with Crippen molar-refractivity contribution in [2.75, 3.05) is 32.7 Å². The molecule has 2 fully saturated rings. The minimum atomic E-state index is -0.191. The van der Waals surface area contributed by atoms with Crippen LogP contribution in [0.15, 0.2) is 30.3 Å². The van der Waals surface area contributed by atoms with Gasteiger partial charge in [0.1, 0.15) is 0 Å². The van der Waals surface area contributed by atoms with Crippen LogP contribution in [0.4, 0.5) is 0 Å². The zero-order valence-corrected chi connectivity index (χ0v) is 13.7. The van der Waals surface area contributed by atoms with Crippen molar-refractivity contribution < 1.29 is 5.11 Å². The normalized spacial score (nSPS) is 23.0. The van der Waals surface area contributed by atoms with Crippen LogP contribution >= 0.6 is 0 Å². The molecular formula is C19H30N2O. The molecule has 0 saturated carbocycles. The van der Waals surface area contributed by atoms with Crippen LogP contribution in [0.25, 0.3) is 0 Å². The van der Waals surface area contributed by atoms with Crippen LogP contribution in [-0.2, 0) is 6.42 Å². The fourth-order valence-electron chi connectivity index (χ4n) is 3.94. The number of piperidine rings is 1. The van der Waals surface area contributed by atoms with E-state index in [-0.39, 0.29) is 6.10 Å². The average Bonchev–Trinajstić information content (AvgIpc) is 3.09. The Morgan fingerprint density at radius 1 is 1.00 bits per heavy atom. The van der Waals surface area contributed by atoms with Crippen molar-refractivity contribution in [2.45, 2.75) is 50.7 Å². The molecule has 22 heavy (non-hydrogen) atoms. The number of benzene rings is 1. The Labute approximate surface area is 134 Å². The highest BCUT2D eigenvalue weighted by atomic mass is 16.3. The lowest BCUT2D eigenvalue weighted by atomic mass is 10.0. The summed E-state index contributed by atoms with van der Waals surface area (Å²) < 4.78 is 0. The van der Waals surface area contributed by atoms with E-state index in [0.29, 0.717) is 0 Å². The predicted molar refractivity (Wildman–Crippen MR) is 91.0 cm³/mol. The highest BCUT2D eigenvalue weighted by Crippen LogP contribution is 2.21. The molecule has 1 aromatic carbocycles. The molecule has 2 aliphatic rings. The first-order valence-electron chi connectivity index (χ1n) is 8.99. The summed E-state index contributed by atoms with van der Waals surface area (Å²) in [5, 5.41) is 10.3. The summed E-state index contributed by atoms with van der Waals surface area (Å²) in [5.41, 5.74) is 1.33. The molecule has 122 valence electrons. The monoisotopic (exact) mass is 302 g/mol. The van der Waals surface area contributed by atoms with Crippen molar-refractivity contribution in [2.24, 2.45) is 0 Å². The van der Waals surface area contributed by atoms with Gasteiger partial charge in [0, 0.05) is 12.6 Å². The van der Waals surface area contributed by atoms with Crippen LogP contribution < -0.4 is 0 Å². The van der Waals surface area contributed by atoms with Crippen molar-refractivity contribution in [3.63, 3.8) is 0 Å². The predicted octanol–water partition coefficient (Wildman–Crippen LogP) is 2.54. The fraction of sp³-hybridized carbons (Fsp3) is 0.684. The highest BCUT2D eigenvalue weighted by molar-refractivity contribution is 5.14. The van der Waals surface area contributed by atoms with Crippen LogP contribution in [0.3, 0.4) is 0 Å². The third-order valence-corrected chi connectivity index (χ3v) is 5.29. The topological polar surface area (TPSA) is 26.7 Å². The van der Waals surface area contributed by atoms with Crippen molar-refractivity contribution in [3.8, 4) is 0 Å². The van der Waals surface area contributed by atoms with E-state index in [1.807, 2.05) is 6.07 Å². The molecule has 3 rings (SSSR count). The van der Waals surface area contributed by atoms with Crippen LogP contribution in [0, 0.1) is 0 Å². The van der Waals surface area contributed by atoms with Gasteiger partial charge in [-0.2, -0.15) is 0 Å². The zero-order valence-electron chi connectivity index (χ0n) is 13.7. The summed E-state index contributed by atoms with van der Waals surface area (Å²) in [7, 11) is 0. The first kappa shape index (κ1) is 16.0. The zero-order chi connectivity index (χ0) is 15.2. The van der Waals surface area contributed by atoms with Crippen LogP contribution in [0.5, 0.6) is 0 Å². The van der Waals surface area contributed by atoms with Crippen molar-refractivity contribution in [1.29, 1.82) is 0 Å². The van der Waals surface area contributed by atoms with Crippen molar-refractivity contribution in [1.82, 2.24) is 9.80 Å². The standard InChI is InChI=1S/C19H30N2O/c22-19(9-8-17-6-2-1-3-7-17)16-20-14-10-18(11-15-20)21-12-4-5-13-21/h1-3,6-7,18-19,22H,4-5,8-16H2/t19-/m1/s1. The molecule has 0 spiro atoms. The largest absolute Gasteiger partial charge is 0.392 e. The summed E-state index contributed by atoms with van der Waals surface area (Å²) in [4.78, 5) is 5.14. The minimum Gasteiger partial charge on any atom is -0.392 e. The molecule has 0 aromatic heterocycles. The molecule has 2 aliphatic heterocycles. The maximum atomic E-state index is 10.3. The molecular weight excluding hydrogens is 272 g/mol. The molecule has 1 aromatic rings. The van der Waals surface area contributed by atoms with Crippen molar-refractivity contribution in [3.05, 3.63) is 35.9 Å². The summed E-state index contributed by atoms with van der Waals surface area (Å²) >= 11 is 0. The number of likely N-dealkylation sites (tertiary alicyclic amines) is 2. The summed E-state index contributed by atoms with van der Waals surface area (Å²) in [5.74, 6) is 0. The van der Waals surface area contributed by atoms with Crippen molar-refractivity contribution >= 4 is 0 Å². The molecule has 0 bridgehead atoms. The Morgan fingerprint density at radius 3 is 2.36 bits per heavy atom. The lowest BCUT2D eigenvalue weighted by Crippen LogP contribution is -2.45. The molecule has 3 nitrogen and oxygen atoms in total. The molecule has 0 radical (unpaired) electrons. The molecule has 0 unspecified atom stereocenters. The van der Waals surface area contributed by atoms with Gasteiger partial charge in [-0.25, -0.2) is 0 Å². The van der Waals surface area contributed by atoms with Gasteiger partial charge in [-0.3, -0.25) is 0 Å². The second-order valence-electron chi connectivity index (χ2n) is 6.95. The lowest BCUT2D eigenvalue weighted by Gasteiger charge is -2.37. The van der Waals surface area contributed by atoms with Gasteiger partial charge in [-0.15, -0.1) is 0 Å². The molecule has 0 amide bonds. The molecule has 1 atom stereocenters. The average molecular weight is 302 g/mol. The number of aliphatic hydroxyl groups excluding tert-OH is 1. The van der Waals surface area contributed by atoms with E-state index in [2.05, 4.69) is 34.1 Å². The Balaban J connectivity index is 1.35. The molecule has 3 heteroatoms. The van der Waals surface area contributed by atoms with E-state index in [1.54, 1.807) is 0 Å². The maximum Gasteiger partial charge on any atom is 0.0670 e. The van der Waals surface area contributed by atoms with Crippen LogP contribution in [0.2, 0.25) is 0 Å². The number of hydrogen-bond donors (Lipinski definition) is 1. The van der Waals surface area contributed by atoms with Gasteiger partial charge >= 0.3 is 0 Å². The number of aliphatic hydroxyl groups is 1. The minimum absolute atomic E-state index is 0.191. The Morgan fingerprint density at radius 2 is 1.68 bits per heavy atom.